The van der Waals surface area contributed by atoms with Gasteiger partial charge in [0.25, 0.3) is 0 Å². The van der Waals surface area contributed by atoms with Gasteiger partial charge in [-0.1, -0.05) is 12.1 Å². The largest absolute Gasteiger partial charge is 0.342 e. The summed E-state index contributed by atoms with van der Waals surface area (Å²) in [4.78, 5) is 14.3. The van der Waals surface area contributed by atoms with Crippen molar-refractivity contribution in [3.8, 4) is 0 Å². The molecule has 21 heavy (non-hydrogen) atoms. The molecule has 0 radical (unpaired) electrons. The molecule has 0 atom stereocenters. The molecule has 0 saturated carbocycles. The van der Waals surface area contributed by atoms with Crippen LogP contribution in [0.25, 0.3) is 0 Å². The van der Waals surface area contributed by atoms with Gasteiger partial charge in [0.05, 0.1) is 6.42 Å². The van der Waals surface area contributed by atoms with E-state index in [0.29, 0.717) is 11.8 Å². The van der Waals surface area contributed by atoms with Gasteiger partial charge in [0, 0.05) is 13.1 Å². The lowest BCUT2D eigenvalue weighted by molar-refractivity contribution is -0.129. The molecule has 0 aliphatic carbocycles. The summed E-state index contributed by atoms with van der Waals surface area (Å²) >= 11 is 0. The zero-order valence-corrected chi connectivity index (χ0v) is 12.9. The molecular formula is C16H22ClFN2O. The molecule has 2 heterocycles. The highest BCUT2D eigenvalue weighted by Gasteiger charge is 2.40. The molecule has 1 amide bonds. The molecule has 2 aliphatic rings. The van der Waals surface area contributed by atoms with Crippen LogP contribution in [0.2, 0.25) is 0 Å². The number of rotatable bonds is 2. The molecule has 5 heteroatoms. The second kappa shape index (κ2) is 6.75. The highest BCUT2D eigenvalue weighted by molar-refractivity contribution is 5.85. The fraction of sp³-hybridized carbons (Fsp3) is 0.562. The lowest BCUT2D eigenvalue weighted by Gasteiger charge is -2.33. The first-order chi connectivity index (χ1) is 9.67. The van der Waals surface area contributed by atoms with Gasteiger partial charge >= 0.3 is 0 Å². The van der Waals surface area contributed by atoms with Gasteiger partial charge in [-0.15, -0.1) is 12.4 Å². The van der Waals surface area contributed by atoms with E-state index in [1.54, 1.807) is 12.1 Å². The monoisotopic (exact) mass is 312 g/mol. The van der Waals surface area contributed by atoms with Crippen molar-refractivity contribution in [1.29, 1.82) is 0 Å². The van der Waals surface area contributed by atoms with Crippen molar-refractivity contribution >= 4 is 18.3 Å². The van der Waals surface area contributed by atoms with Gasteiger partial charge in [-0.2, -0.15) is 0 Å². The van der Waals surface area contributed by atoms with E-state index >= 15 is 0 Å². The van der Waals surface area contributed by atoms with Crippen LogP contribution in [-0.4, -0.2) is 37.0 Å². The van der Waals surface area contributed by atoms with Gasteiger partial charge in [0.15, 0.2) is 0 Å². The normalized spacial score (nSPS) is 20.3. The van der Waals surface area contributed by atoms with Crippen LogP contribution in [0.3, 0.4) is 0 Å². The third-order valence-electron chi connectivity index (χ3n) is 4.72. The summed E-state index contributed by atoms with van der Waals surface area (Å²) < 4.78 is 12.9. The third-order valence-corrected chi connectivity index (χ3v) is 4.72. The summed E-state index contributed by atoms with van der Waals surface area (Å²) in [5.74, 6) is -0.0805. The van der Waals surface area contributed by atoms with Crippen LogP contribution in [0.1, 0.15) is 24.8 Å². The number of piperidine rings is 1. The topological polar surface area (TPSA) is 32.3 Å². The number of carbonyl (C=O) groups excluding carboxylic acids is 1. The molecule has 0 aromatic heterocycles. The number of nitrogens with zero attached hydrogens (tertiary/aromatic N) is 1. The molecule has 0 unspecified atom stereocenters. The molecule has 2 fully saturated rings. The summed E-state index contributed by atoms with van der Waals surface area (Å²) in [5.41, 5.74) is 1.24. The lowest BCUT2D eigenvalue weighted by atomic mass is 9.78. The molecule has 1 spiro atoms. The predicted octanol–water partition coefficient (Wildman–Crippen LogP) is 2.39. The van der Waals surface area contributed by atoms with Gasteiger partial charge in [-0.25, -0.2) is 4.39 Å². The summed E-state index contributed by atoms with van der Waals surface area (Å²) in [6.07, 6.45) is 3.86. The highest BCUT2D eigenvalue weighted by Crippen LogP contribution is 2.38. The van der Waals surface area contributed by atoms with Gasteiger partial charge in [-0.05, 0) is 55.5 Å². The van der Waals surface area contributed by atoms with Crippen LogP contribution in [-0.2, 0) is 11.2 Å². The van der Waals surface area contributed by atoms with E-state index in [9.17, 15) is 9.18 Å². The van der Waals surface area contributed by atoms with Crippen molar-refractivity contribution < 1.29 is 9.18 Å². The number of likely N-dealkylation sites (tertiary alicyclic amines) is 1. The predicted molar refractivity (Wildman–Crippen MR) is 83.1 cm³/mol. The van der Waals surface area contributed by atoms with Crippen molar-refractivity contribution in [2.24, 2.45) is 5.41 Å². The number of carbonyl (C=O) groups is 1. The summed E-state index contributed by atoms with van der Waals surface area (Å²) in [6.45, 7) is 3.91. The molecule has 2 saturated heterocycles. The molecule has 1 aromatic rings. The van der Waals surface area contributed by atoms with E-state index < -0.39 is 0 Å². The van der Waals surface area contributed by atoms with Crippen LogP contribution in [0.15, 0.2) is 24.3 Å². The number of benzene rings is 1. The second-order valence-corrected chi connectivity index (χ2v) is 6.12. The molecule has 116 valence electrons. The maximum atomic E-state index is 12.9. The van der Waals surface area contributed by atoms with Crippen molar-refractivity contribution in [2.45, 2.75) is 25.7 Å². The fourth-order valence-corrected chi connectivity index (χ4v) is 3.40. The Hall–Kier alpha value is -1.13. The summed E-state index contributed by atoms with van der Waals surface area (Å²) in [6, 6.07) is 6.23. The number of nitrogens with one attached hydrogen (secondary N) is 1. The Kier molecular flexibility index (Phi) is 5.22. The first kappa shape index (κ1) is 16.2. The van der Waals surface area contributed by atoms with Crippen LogP contribution in [0, 0.1) is 11.2 Å². The van der Waals surface area contributed by atoms with Crippen molar-refractivity contribution in [1.82, 2.24) is 10.2 Å². The van der Waals surface area contributed by atoms with Gasteiger partial charge in [0.2, 0.25) is 5.91 Å². The summed E-state index contributed by atoms with van der Waals surface area (Å²) in [7, 11) is 0. The van der Waals surface area contributed by atoms with Crippen LogP contribution in [0.5, 0.6) is 0 Å². The lowest BCUT2D eigenvalue weighted by Crippen LogP contribution is -2.40. The smallest absolute Gasteiger partial charge is 0.227 e. The van der Waals surface area contributed by atoms with E-state index in [1.807, 2.05) is 4.90 Å². The Balaban J connectivity index is 0.00000161. The number of hydrogen-bond acceptors (Lipinski definition) is 2. The van der Waals surface area contributed by atoms with Gasteiger partial charge in [0.1, 0.15) is 5.82 Å². The first-order valence-corrected chi connectivity index (χ1v) is 7.40. The number of halogens is 2. The quantitative estimate of drug-likeness (QED) is 0.909. The average molecular weight is 313 g/mol. The highest BCUT2D eigenvalue weighted by atomic mass is 35.5. The molecule has 3 nitrogen and oxygen atoms in total. The third kappa shape index (κ3) is 3.74. The Morgan fingerprint density at radius 3 is 2.52 bits per heavy atom. The molecule has 1 N–H and O–H groups in total. The van der Waals surface area contributed by atoms with Crippen LogP contribution < -0.4 is 5.32 Å². The minimum atomic E-state index is -0.254. The molecule has 3 rings (SSSR count). The van der Waals surface area contributed by atoms with Gasteiger partial charge < -0.3 is 10.2 Å². The van der Waals surface area contributed by atoms with Crippen molar-refractivity contribution in [3.63, 3.8) is 0 Å². The molecular weight excluding hydrogens is 291 g/mol. The Morgan fingerprint density at radius 2 is 1.86 bits per heavy atom. The minimum Gasteiger partial charge on any atom is -0.342 e. The maximum Gasteiger partial charge on any atom is 0.227 e. The molecule has 2 aliphatic heterocycles. The molecule has 1 aromatic carbocycles. The van der Waals surface area contributed by atoms with E-state index in [4.69, 9.17) is 0 Å². The zero-order chi connectivity index (χ0) is 14.0. The van der Waals surface area contributed by atoms with Gasteiger partial charge in [-0.3, -0.25) is 4.79 Å². The maximum absolute atomic E-state index is 12.9. The summed E-state index contributed by atoms with van der Waals surface area (Å²) in [5, 5.41) is 3.39. The first-order valence-electron chi connectivity index (χ1n) is 7.40. The Labute approximate surface area is 131 Å². The standard InChI is InChI=1S/C16H21FN2O.ClH/c17-14-3-1-13(2-4-14)11-15(20)19-10-7-16(12-19)5-8-18-9-6-16;/h1-4,18H,5-12H2;1H. The average Bonchev–Trinajstić information content (AvgIpc) is 2.86. The fourth-order valence-electron chi connectivity index (χ4n) is 3.40. The van der Waals surface area contributed by atoms with Crippen molar-refractivity contribution in [3.05, 3.63) is 35.6 Å². The second-order valence-electron chi connectivity index (χ2n) is 6.12. The van der Waals surface area contributed by atoms with E-state index in [-0.39, 0.29) is 24.1 Å². The molecule has 0 bridgehead atoms. The Morgan fingerprint density at radius 1 is 1.19 bits per heavy atom. The number of amides is 1. The number of hydrogen-bond donors (Lipinski definition) is 1. The Bertz CT molecular complexity index is 486. The van der Waals surface area contributed by atoms with Crippen LogP contribution >= 0.6 is 12.4 Å². The minimum absolute atomic E-state index is 0. The van der Waals surface area contributed by atoms with E-state index in [2.05, 4.69) is 5.32 Å². The van der Waals surface area contributed by atoms with E-state index in [1.165, 1.54) is 25.0 Å². The van der Waals surface area contributed by atoms with Crippen LogP contribution in [0.4, 0.5) is 4.39 Å². The van der Waals surface area contributed by atoms with E-state index in [0.717, 1.165) is 38.2 Å². The van der Waals surface area contributed by atoms with Crippen molar-refractivity contribution in [2.75, 3.05) is 26.2 Å². The SMILES string of the molecule is Cl.O=C(Cc1ccc(F)cc1)N1CCC2(CCNCC2)C1. The zero-order valence-electron chi connectivity index (χ0n) is 12.1.